The number of aryl methyl sites for hydroxylation is 2. The molecule has 0 saturated heterocycles. The Morgan fingerprint density at radius 3 is 2.20 bits per heavy atom. The highest BCUT2D eigenvalue weighted by Gasteiger charge is 2.26. The van der Waals surface area contributed by atoms with Gasteiger partial charge < -0.3 is 0 Å². The lowest BCUT2D eigenvalue weighted by Crippen LogP contribution is -2.05. The highest BCUT2D eigenvalue weighted by Crippen LogP contribution is 2.31. The number of alkyl halides is 3. The van der Waals surface area contributed by atoms with Crippen molar-refractivity contribution in [3.8, 4) is 0 Å². The molecule has 0 N–H and O–H groups in total. The summed E-state index contributed by atoms with van der Waals surface area (Å²) in [6.45, 7) is 3.70. The Labute approximate surface area is 116 Å². The minimum atomic E-state index is -4.35. The molecule has 0 nitrogen and oxygen atoms in total. The highest BCUT2D eigenvalue weighted by atomic mass is 19.4. The van der Waals surface area contributed by atoms with Crippen molar-refractivity contribution in [1.29, 1.82) is 0 Å². The van der Waals surface area contributed by atoms with Crippen LogP contribution in [-0.2, 0) is 0 Å². The molecule has 0 amide bonds. The standard InChI is InChI=1S/C17H15F3/c1-12-8-9-13(2)15(10-12)16(11-17(18,19)20)14-6-4-3-5-7-14/h3-11H,1-2H3/b16-11-. The number of rotatable bonds is 2. The van der Waals surface area contributed by atoms with E-state index >= 15 is 0 Å². The van der Waals surface area contributed by atoms with Crippen LogP contribution in [0, 0.1) is 13.8 Å². The van der Waals surface area contributed by atoms with Gasteiger partial charge in [0.1, 0.15) is 0 Å². The molecule has 0 unspecified atom stereocenters. The maximum Gasteiger partial charge on any atom is 0.410 e. The monoisotopic (exact) mass is 276 g/mol. The van der Waals surface area contributed by atoms with Crippen molar-refractivity contribution < 1.29 is 13.2 Å². The summed E-state index contributed by atoms with van der Waals surface area (Å²) in [6, 6.07) is 14.2. The second kappa shape index (κ2) is 5.53. The molecule has 2 rings (SSSR count). The third-order valence-corrected chi connectivity index (χ3v) is 3.08. The largest absolute Gasteiger partial charge is 0.410 e. The van der Waals surface area contributed by atoms with E-state index in [0.717, 1.165) is 11.1 Å². The van der Waals surface area contributed by atoms with Gasteiger partial charge in [0.2, 0.25) is 0 Å². The van der Waals surface area contributed by atoms with Gasteiger partial charge in [0.25, 0.3) is 0 Å². The Kier molecular flexibility index (Phi) is 3.98. The molecule has 0 saturated carbocycles. The van der Waals surface area contributed by atoms with Gasteiger partial charge in [0.05, 0.1) is 0 Å². The summed E-state index contributed by atoms with van der Waals surface area (Å²) in [5.74, 6) is 0. The zero-order valence-electron chi connectivity index (χ0n) is 11.3. The zero-order valence-corrected chi connectivity index (χ0v) is 11.3. The maximum absolute atomic E-state index is 12.8. The number of halogens is 3. The van der Waals surface area contributed by atoms with E-state index in [1.165, 1.54) is 0 Å². The summed E-state index contributed by atoms with van der Waals surface area (Å²) < 4.78 is 38.5. The normalized spacial score (nSPS) is 12.6. The van der Waals surface area contributed by atoms with Gasteiger partial charge in [-0.25, -0.2) is 0 Å². The van der Waals surface area contributed by atoms with Crippen LogP contribution in [0.15, 0.2) is 54.6 Å². The summed E-state index contributed by atoms with van der Waals surface area (Å²) in [4.78, 5) is 0. The molecule has 0 bridgehead atoms. The van der Waals surface area contributed by atoms with Gasteiger partial charge in [0.15, 0.2) is 0 Å². The molecule has 2 aromatic carbocycles. The van der Waals surface area contributed by atoms with E-state index in [1.807, 2.05) is 26.0 Å². The van der Waals surface area contributed by atoms with Crippen LogP contribution in [-0.4, -0.2) is 6.18 Å². The topological polar surface area (TPSA) is 0 Å². The highest BCUT2D eigenvalue weighted by molar-refractivity contribution is 5.82. The van der Waals surface area contributed by atoms with E-state index in [1.54, 1.807) is 36.4 Å². The van der Waals surface area contributed by atoms with Crippen molar-refractivity contribution in [1.82, 2.24) is 0 Å². The lowest BCUT2D eigenvalue weighted by molar-refractivity contribution is -0.0793. The van der Waals surface area contributed by atoms with Gasteiger partial charge >= 0.3 is 6.18 Å². The second-order valence-electron chi connectivity index (χ2n) is 4.78. The number of allylic oxidation sites excluding steroid dienone is 1. The van der Waals surface area contributed by atoms with Crippen LogP contribution in [0.25, 0.3) is 5.57 Å². The van der Waals surface area contributed by atoms with Crippen molar-refractivity contribution >= 4 is 5.57 Å². The number of hydrogen-bond acceptors (Lipinski definition) is 0. The molecule has 0 aliphatic carbocycles. The van der Waals surface area contributed by atoms with Crippen LogP contribution in [0.5, 0.6) is 0 Å². The van der Waals surface area contributed by atoms with Crippen LogP contribution in [0.4, 0.5) is 13.2 Å². The lowest BCUT2D eigenvalue weighted by atomic mass is 9.93. The Morgan fingerprint density at radius 1 is 0.950 bits per heavy atom. The van der Waals surface area contributed by atoms with Crippen LogP contribution in [0.3, 0.4) is 0 Å². The van der Waals surface area contributed by atoms with E-state index in [-0.39, 0.29) is 5.57 Å². The van der Waals surface area contributed by atoms with E-state index in [0.29, 0.717) is 17.2 Å². The predicted molar refractivity (Wildman–Crippen MR) is 75.5 cm³/mol. The summed E-state index contributed by atoms with van der Waals surface area (Å²) in [7, 11) is 0. The van der Waals surface area contributed by atoms with E-state index in [2.05, 4.69) is 0 Å². The molecule has 0 spiro atoms. The van der Waals surface area contributed by atoms with E-state index < -0.39 is 6.18 Å². The van der Waals surface area contributed by atoms with Crippen LogP contribution >= 0.6 is 0 Å². The van der Waals surface area contributed by atoms with E-state index in [4.69, 9.17) is 0 Å². The third-order valence-electron chi connectivity index (χ3n) is 3.08. The summed E-state index contributed by atoms with van der Waals surface area (Å²) in [5.41, 5.74) is 3.16. The van der Waals surface area contributed by atoms with Gasteiger partial charge in [-0.3, -0.25) is 0 Å². The first kappa shape index (κ1) is 14.4. The molecule has 3 heteroatoms. The third kappa shape index (κ3) is 3.50. The molecule has 20 heavy (non-hydrogen) atoms. The lowest BCUT2D eigenvalue weighted by Gasteiger charge is -2.14. The van der Waals surface area contributed by atoms with E-state index in [9.17, 15) is 13.2 Å². The first-order valence-electron chi connectivity index (χ1n) is 6.29. The zero-order chi connectivity index (χ0) is 14.8. The van der Waals surface area contributed by atoms with Gasteiger partial charge in [-0.1, -0.05) is 54.1 Å². The van der Waals surface area contributed by atoms with Crippen molar-refractivity contribution in [2.75, 3.05) is 0 Å². The summed E-state index contributed by atoms with van der Waals surface area (Å²) in [6.07, 6.45) is -3.97. The second-order valence-corrected chi connectivity index (χ2v) is 4.78. The molecule has 104 valence electrons. The molecule has 0 aromatic heterocycles. The molecular formula is C17H15F3. The van der Waals surface area contributed by atoms with Crippen LogP contribution < -0.4 is 0 Å². The minimum Gasteiger partial charge on any atom is -0.167 e. The molecule has 2 aromatic rings. The first-order valence-corrected chi connectivity index (χ1v) is 6.29. The average Bonchev–Trinajstić information content (AvgIpc) is 2.39. The quantitative estimate of drug-likeness (QED) is 0.698. The first-order chi connectivity index (χ1) is 9.37. The fraction of sp³-hybridized carbons (Fsp3) is 0.176. The van der Waals surface area contributed by atoms with Crippen molar-refractivity contribution in [3.63, 3.8) is 0 Å². The number of hydrogen-bond donors (Lipinski definition) is 0. The molecule has 0 heterocycles. The Bertz CT molecular complexity index is 622. The smallest absolute Gasteiger partial charge is 0.167 e. The maximum atomic E-state index is 12.8. The molecular weight excluding hydrogens is 261 g/mol. The Morgan fingerprint density at radius 2 is 1.60 bits per heavy atom. The molecule has 0 atom stereocenters. The molecule has 0 fully saturated rings. The molecule has 0 radical (unpaired) electrons. The van der Waals surface area contributed by atoms with Crippen molar-refractivity contribution in [3.05, 3.63) is 76.9 Å². The number of benzene rings is 2. The van der Waals surface area contributed by atoms with Crippen LogP contribution in [0.1, 0.15) is 22.3 Å². The SMILES string of the molecule is Cc1ccc(C)c(/C(=C\C(F)(F)F)c2ccccc2)c1. The Balaban J connectivity index is 2.65. The van der Waals surface area contributed by atoms with Gasteiger partial charge in [-0.2, -0.15) is 13.2 Å². The van der Waals surface area contributed by atoms with Gasteiger partial charge in [0, 0.05) is 6.08 Å². The molecule has 0 aliphatic heterocycles. The predicted octanol–water partition coefficient (Wildman–Crippen LogP) is 5.30. The Hall–Kier alpha value is -2.03. The summed E-state index contributed by atoms with van der Waals surface area (Å²) in [5, 5.41) is 0. The fourth-order valence-corrected chi connectivity index (χ4v) is 2.12. The minimum absolute atomic E-state index is 0.208. The fourth-order valence-electron chi connectivity index (χ4n) is 2.12. The average molecular weight is 276 g/mol. The van der Waals surface area contributed by atoms with Crippen molar-refractivity contribution in [2.45, 2.75) is 20.0 Å². The summed E-state index contributed by atoms with van der Waals surface area (Å²) >= 11 is 0. The molecule has 0 aliphatic rings. The van der Waals surface area contributed by atoms with Crippen molar-refractivity contribution in [2.24, 2.45) is 0 Å². The van der Waals surface area contributed by atoms with Crippen LogP contribution in [0.2, 0.25) is 0 Å². The van der Waals surface area contributed by atoms with Gasteiger partial charge in [-0.05, 0) is 36.1 Å². The van der Waals surface area contributed by atoms with Gasteiger partial charge in [-0.15, -0.1) is 0 Å².